The second kappa shape index (κ2) is 5.82. The highest BCUT2D eigenvalue weighted by molar-refractivity contribution is 4.95. The summed E-state index contributed by atoms with van der Waals surface area (Å²) in [6, 6.07) is 0. The van der Waals surface area contributed by atoms with E-state index in [1.807, 2.05) is 10.9 Å². The Labute approximate surface area is 121 Å². The number of rotatable bonds is 4. The zero-order chi connectivity index (χ0) is 14.8. The number of nitrogens with one attached hydrogen (secondary N) is 1. The van der Waals surface area contributed by atoms with Gasteiger partial charge in [0.05, 0.1) is 23.0 Å². The van der Waals surface area contributed by atoms with E-state index in [-0.39, 0.29) is 5.54 Å². The van der Waals surface area contributed by atoms with Gasteiger partial charge in [0.25, 0.3) is 0 Å². The van der Waals surface area contributed by atoms with E-state index in [9.17, 15) is 5.11 Å². The first-order valence-corrected chi connectivity index (χ1v) is 7.63. The summed E-state index contributed by atoms with van der Waals surface area (Å²) in [6.45, 7) is 9.87. The molecular formula is C15H28N4O. The minimum atomic E-state index is -0.535. The summed E-state index contributed by atoms with van der Waals surface area (Å²) in [6.07, 6.45) is 6.02. The van der Waals surface area contributed by atoms with Gasteiger partial charge in [0, 0.05) is 13.1 Å². The van der Waals surface area contributed by atoms with Crippen molar-refractivity contribution < 1.29 is 5.11 Å². The van der Waals surface area contributed by atoms with Gasteiger partial charge in [0.1, 0.15) is 0 Å². The molecule has 0 aromatic carbocycles. The largest absolute Gasteiger partial charge is 0.389 e. The molecule has 0 bridgehead atoms. The number of aromatic nitrogens is 3. The molecule has 0 spiro atoms. The third-order valence-electron chi connectivity index (χ3n) is 4.19. The molecule has 1 heterocycles. The van der Waals surface area contributed by atoms with E-state index in [1.165, 1.54) is 0 Å². The van der Waals surface area contributed by atoms with Crippen LogP contribution in [-0.2, 0) is 12.1 Å². The van der Waals surface area contributed by atoms with Crippen molar-refractivity contribution in [1.29, 1.82) is 0 Å². The van der Waals surface area contributed by atoms with Gasteiger partial charge >= 0.3 is 0 Å². The van der Waals surface area contributed by atoms with E-state index in [0.29, 0.717) is 13.1 Å². The molecule has 2 rings (SSSR count). The quantitative estimate of drug-likeness (QED) is 0.886. The van der Waals surface area contributed by atoms with Crippen LogP contribution < -0.4 is 5.32 Å². The van der Waals surface area contributed by atoms with Gasteiger partial charge in [-0.05, 0) is 52.4 Å². The molecule has 0 atom stereocenters. The lowest BCUT2D eigenvalue weighted by atomic mass is 9.79. The molecular weight excluding hydrogens is 252 g/mol. The molecule has 1 aromatic heterocycles. The van der Waals surface area contributed by atoms with Crippen molar-refractivity contribution in [2.45, 2.75) is 71.1 Å². The molecule has 2 N–H and O–H groups in total. The molecule has 20 heavy (non-hydrogen) atoms. The molecule has 1 aliphatic rings. The van der Waals surface area contributed by atoms with Crippen molar-refractivity contribution in [3.63, 3.8) is 0 Å². The van der Waals surface area contributed by atoms with E-state index in [0.717, 1.165) is 37.3 Å². The predicted molar refractivity (Wildman–Crippen MR) is 79.3 cm³/mol. The van der Waals surface area contributed by atoms with E-state index < -0.39 is 5.60 Å². The Kier molecular flexibility index (Phi) is 4.49. The maximum atomic E-state index is 10.5. The molecule has 114 valence electrons. The highest BCUT2D eigenvalue weighted by Crippen LogP contribution is 2.31. The van der Waals surface area contributed by atoms with Gasteiger partial charge in [-0.2, -0.15) is 0 Å². The van der Waals surface area contributed by atoms with Crippen molar-refractivity contribution in [2.24, 2.45) is 5.92 Å². The fraction of sp³-hybridized carbons (Fsp3) is 0.867. The molecule has 0 radical (unpaired) electrons. The van der Waals surface area contributed by atoms with Crippen LogP contribution in [0, 0.1) is 5.92 Å². The number of aliphatic hydroxyl groups is 1. The summed E-state index contributed by atoms with van der Waals surface area (Å²) in [5.74, 6) is 0.752. The predicted octanol–water partition coefficient (Wildman–Crippen LogP) is 2.06. The van der Waals surface area contributed by atoms with Gasteiger partial charge in [-0.25, -0.2) is 4.68 Å². The molecule has 0 saturated heterocycles. The highest BCUT2D eigenvalue weighted by atomic mass is 16.3. The van der Waals surface area contributed by atoms with Gasteiger partial charge in [0.15, 0.2) is 0 Å². The molecule has 5 nitrogen and oxygen atoms in total. The second-order valence-corrected chi connectivity index (χ2v) is 7.34. The summed E-state index contributed by atoms with van der Waals surface area (Å²) < 4.78 is 1.88. The normalized spacial score (nSPS) is 27.8. The Morgan fingerprint density at radius 1 is 1.40 bits per heavy atom. The number of hydrogen-bond acceptors (Lipinski definition) is 4. The number of hydrogen-bond donors (Lipinski definition) is 2. The van der Waals surface area contributed by atoms with E-state index in [2.05, 4.69) is 43.3 Å². The van der Waals surface area contributed by atoms with Crippen molar-refractivity contribution in [3.8, 4) is 0 Å². The third-order valence-corrected chi connectivity index (χ3v) is 4.19. The average Bonchev–Trinajstić information content (AvgIpc) is 2.82. The van der Waals surface area contributed by atoms with Gasteiger partial charge in [-0.15, -0.1) is 5.10 Å². The first kappa shape index (κ1) is 15.4. The first-order chi connectivity index (χ1) is 9.28. The van der Waals surface area contributed by atoms with Crippen LogP contribution in [0.3, 0.4) is 0 Å². The highest BCUT2D eigenvalue weighted by Gasteiger charge is 2.31. The molecule has 1 fully saturated rings. The Hall–Kier alpha value is -0.940. The Morgan fingerprint density at radius 3 is 2.60 bits per heavy atom. The van der Waals surface area contributed by atoms with Gasteiger partial charge in [0.2, 0.25) is 0 Å². The topological polar surface area (TPSA) is 63.0 Å². The van der Waals surface area contributed by atoms with Crippen LogP contribution in [0.1, 0.15) is 59.1 Å². The fourth-order valence-electron chi connectivity index (χ4n) is 2.61. The Morgan fingerprint density at radius 2 is 2.05 bits per heavy atom. The zero-order valence-electron chi connectivity index (χ0n) is 13.2. The maximum absolute atomic E-state index is 10.5. The lowest BCUT2D eigenvalue weighted by Gasteiger charge is -2.35. The summed E-state index contributed by atoms with van der Waals surface area (Å²) in [4.78, 5) is 0. The molecule has 0 aliphatic heterocycles. The minimum Gasteiger partial charge on any atom is -0.389 e. The number of nitrogens with zero attached hydrogens (tertiary/aromatic N) is 3. The Balaban J connectivity index is 1.80. The third kappa shape index (κ3) is 4.03. The van der Waals surface area contributed by atoms with E-state index in [4.69, 9.17) is 0 Å². The van der Waals surface area contributed by atoms with E-state index >= 15 is 0 Å². The fourth-order valence-corrected chi connectivity index (χ4v) is 2.61. The van der Waals surface area contributed by atoms with Crippen LogP contribution in [0.5, 0.6) is 0 Å². The molecule has 5 heteroatoms. The van der Waals surface area contributed by atoms with Crippen molar-refractivity contribution >= 4 is 0 Å². The van der Waals surface area contributed by atoms with Crippen LogP contribution in [-0.4, -0.2) is 32.2 Å². The van der Waals surface area contributed by atoms with Crippen LogP contribution in [0.4, 0.5) is 0 Å². The molecule has 1 saturated carbocycles. The lowest BCUT2D eigenvalue weighted by molar-refractivity contribution is -0.00635. The van der Waals surface area contributed by atoms with Gasteiger partial charge < -0.3 is 10.4 Å². The minimum absolute atomic E-state index is 0.0387. The molecule has 1 aromatic rings. The second-order valence-electron chi connectivity index (χ2n) is 7.34. The smallest absolute Gasteiger partial charge is 0.0965 e. The van der Waals surface area contributed by atoms with Crippen molar-refractivity contribution in [3.05, 3.63) is 11.9 Å². The van der Waals surface area contributed by atoms with Crippen LogP contribution >= 0.6 is 0 Å². The summed E-state index contributed by atoms with van der Waals surface area (Å²) in [7, 11) is 0. The standard InChI is InChI=1S/C15H28N4O/c1-12-5-7-15(20,8-6-12)11-16-9-13-10-19(18-17-13)14(2,3)4/h10,12,16,20H,5-9,11H2,1-4H3. The van der Waals surface area contributed by atoms with Gasteiger partial charge in [-0.3, -0.25) is 0 Å². The van der Waals surface area contributed by atoms with Crippen LogP contribution in [0.2, 0.25) is 0 Å². The lowest BCUT2D eigenvalue weighted by Crippen LogP contribution is -2.43. The SMILES string of the molecule is CC1CCC(O)(CNCc2cn(C(C)(C)C)nn2)CC1. The monoisotopic (exact) mass is 280 g/mol. The molecule has 0 amide bonds. The average molecular weight is 280 g/mol. The van der Waals surface area contributed by atoms with E-state index in [1.54, 1.807) is 0 Å². The van der Waals surface area contributed by atoms with Crippen molar-refractivity contribution in [2.75, 3.05) is 6.54 Å². The zero-order valence-corrected chi connectivity index (χ0v) is 13.2. The molecule has 0 unspecified atom stereocenters. The summed E-state index contributed by atoms with van der Waals surface area (Å²) in [5.41, 5.74) is 0.350. The summed E-state index contributed by atoms with van der Waals surface area (Å²) in [5, 5.41) is 22.1. The van der Waals surface area contributed by atoms with Gasteiger partial charge in [-0.1, -0.05) is 12.1 Å². The van der Waals surface area contributed by atoms with Crippen LogP contribution in [0.15, 0.2) is 6.20 Å². The van der Waals surface area contributed by atoms with Crippen LogP contribution in [0.25, 0.3) is 0 Å². The summed E-state index contributed by atoms with van der Waals surface area (Å²) >= 11 is 0. The Bertz CT molecular complexity index is 427. The maximum Gasteiger partial charge on any atom is 0.0965 e. The van der Waals surface area contributed by atoms with Crippen molar-refractivity contribution in [1.82, 2.24) is 20.3 Å². The molecule has 1 aliphatic carbocycles. The first-order valence-electron chi connectivity index (χ1n) is 7.63.